The lowest BCUT2D eigenvalue weighted by Crippen LogP contribution is -2.46. The molecule has 1 aromatic carbocycles. The van der Waals surface area contributed by atoms with Crippen molar-refractivity contribution >= 4 is 39.8 Å². The molecule has 0 saturated carbocycles. The highest BCUT2D eigenvalue weighted by molar-refractivity contribution is 7.91. The Kier molecular flexibility index (Phi) is 9.13. The van der Waals surface area contributed by atoms with Crippen molar-refractivity contribution in [2.75, 3.05) is 18.8 Å². The minimum absolute atomic E-state index is 0. The van der Waals surface area contributed by atoms with E-state index in [4.69, 9.17) is 17.3 Å². The van der Waals surface area contributed by atoms with Crippen LogP contribution in [0.4, 0.5) is 0 Å². The maximum Gasteiger partial charge on any atom is 0.227 e. The molecule has 0 radical (unpaired) electrons. The minimum Gasteiger partial charge on any atom is -0.355 e. The minimum atomic E-state index is -3.44. The summed E-state index contributed by atoms with van der Waals surface area (Å²) in [7, 11) is -3.44. The van der Waals surface area contributed by atoms with E-state index < -0.39 is 15.3 Å². The quantitative estimate of drug-likeness (QED) is 0.722. The van der Waals surface area contributed by atoms with Crippen LogP contribution in [0.2, 0.25) is 5.02 Å². The summed E-state index contributed by atoms with van der Waals surface area (Å²) in [5, 5.41) is 3.17. The lowest BCUT2D eigenvalue weighted by molar-refractivity contribution is -0.130. The Morgan fingerprint density at radius 1 is 1.22 bits per heavy atom. The Balaban J connectivity index is 0.00000484. The maximum absolute atomic E-state index is 12.2. The third-order valence-corrected chi connectivity index (χ3v) is 6.04. The number of sulfone groups is 1. The van der Waals surface area contributed by atoms with E-state index in [-0.39, 0.29) is 42.1 Å². The van der Waals surface area contributed by atoms with Crippen LogP contribution in [-0.2, 0) is 14.6 Å². The number of nitrogens with two attached hydrogens (primary N) is 1. The molecule has 0 bridgehead atoms. The van der Waals surface area contributed by atoms with E-state index in [1.807, 2.05) is 13.8 Å². The number of carbonyl (C=O) groups excluding carboxylic acids is 1. The van der Waals surface area contributed by atoms with Crippen LogP contribution in [0.25, 0.3) is 0 Å². The average Bonchev–Trinajstić information content (AvgIpc) is 2.50. The molecule has 0 spiro atoms. The van der Waals surface area contributed by atoms with Gasteiger partial charge in [0.1, 0.15) is 0 Å². The largest absolute Gasteiger partial charge is 0.355 e. The molecule has 0 aliphatic carbocycles. The SMILES string of the molecule is CCC(CC)(CN)C(=O)NCCS(=O)(=O)c1ccc(Cl)cc1.Cl. The zero-order chi connectivity index (χ0) is 16.8. The van der Waals surface area contributed by atoms with Gasteiger partial charge in [-0.2, -0.15) is 0 Å². The van der Waals surface area contributed by atoms with Crippen molar-refractivity contribution in [2.24, 2.45) is 11.1 Å². The number of hydrogen-bond acceptors (Lipinski definition) is 4. The van der Waals surface area contributed by atoms with E-state index in [1.54, 1.807) is 0 Å². The third kappa shape index (κ3) is 5.64. The van der Waals surface area contributed by atoms with Gasteiger partial charge in [-0.1, -0.05) is 25.4 Å². The second kappa shape index (κ2) is 9.47. The molecule has 0 saturated heterocycles. The molecule has 0 heterocycles. The Bertz CT molecular complexity index is 591. The van der Waals surface area contributed by atoms with E-state index in [2.05, 4.69) is 5.32 Å². The molecule has 0 unspecified atom stereocenters. The molecule has 3 N–H and O–H groups in total. The van der Waals surface area contributed by atoms with Crippen LogP contribution in [0.15, 0.2) is 29.2 Å². The second-order valence-electron chi connectivity index (χ2n) is 5.22. The molecule has 132 valence electrons. The van der Waals surface area contributed by atoms with E-state index >= 15 is 0 Å². The van der Waals surface area contributed by atoms with Gasteiger partial charge in [-0.25, -0.2) is 8.42 Å². The van der Waals surface area contributed by atoms with Gasteiger partial charge in [0, 0.05) is 18.1 Å². The predicted molar refractivity (Wildman–Crippen MR) is 95.8 cm³/mol. The Morgan fingerprint density at radius 2 is 1.74 bits per heavy atom. The Hall–Kier alpha value is -0.820. The average molecular weight is 383 g/mol. The van der Waals surface area contributed by atoms with Gasteiger partial charge in [0.15, 0.2) is 9.84 Å². The first-order chi connectivity index (χ1) is 10.3. The van der Waals surface area contributed by atoms with Gasteiger partial charge in [0.05, 0.1) is 16.1 Å². The maximum atomic E-state index is 12.2. The smallest absolute Gasteiger partial charge is 0.227 e. The van der Waals surface area contributed by atoms with Crippen LogP contribution in [0.3, 0.4) is 0 Å². The fraction of sp³-hybridized carbons (Fsp3) is 0.533. The molecule has 1 aromatic rings. The van der Waals surface area contributed by atoms with E-state index in [0.29, 0.717) is 17.9 Å². The number of carbonyl (C=O) groups is 1. The number of nitrogens with one attached hydrogen (secondary N) is 1. The molecule has 23 heavy (non-hydrogen) atoms. The van der Waals surface area contributed by atoms with Gasteiger partial charge in [-0.05, 0) is 37.1 Å². The number of benzene rings is 1. The standard InChI is InChI=1S/C15H23ClN2O3S.ClH/c1-3-15(4-2,11-17)14(19)18-9-10-22(20,21)13-7-5-12(16)6-8-13;/h5-8H,3-4,9-11,17H2,1-2H3,(H,18,19);1H. The predicted octanol–water partition coefficient (Wildman–Crippen LogP) is 2.42. The van der Waals surface area contributed by atoms with Crippen LogP contribution in [-0.4, -0.2) is 33.2 Å². The zero-order valence-corrected chi connectivity index (χ0v) is 15.7. The first kappa shape index (κ1) is 22.2. The summed E-state index contributed by atoms with van der Waals surface area (Å²) in [6, 6.07) is 5.98. The van der Waals surface area contributed by atoms with Gasteiger partial charge in [-0.3, -0.25) is 4.79 Å². The molecule has 5 nitrogen and oxygen atoms in total. The lowest BCUT2D eigenvalue weighted by atomic mass is 9.81. The number of rotatable bonds is 8. The van der Waals surface area contributed by atoms with Crippen LogP contribution in [0.5, 0.6) is 0 Å². The van der Waals surface area contributed by atoms with Gasteiger partial charge >= 0.3 is 0 Å². The van der Waals surface area contributed by atoms with E-state index in [0.717, 1.165) is 0 Å². The summed E-state index contributed by atoms with van der Waals surface area (Å²) in [6.07, 6.45) is 1.24. The summed E-state index contributed by atoms with van der Waals surface area (Å²) < 4.78 is 24.3. The van der Waals surface area contributed by atoms with Crippen molar-refractivity contribution in [3.8, 4) is 0 Å². The first-order valence-electron chi connectivity index (χ1n) is 7.28. The Labute approximate surface area is 149 Å². The molecule has 0 aliphatic rings. The molecule has 0 atom stereocenters. The fourth-order valence-corrected chi connectivity index (χ4v) is 3.48. The van der Waals surface area contributed by atoms with Crippen molar-refractivity contribution in [2.45, 2.75) is 31.6 Å². The van der Waals surface area contributed by atoms with Crippen LogP contribution in [0.1, 0.15) is 26.7 Å². The van der Waals surface area contributed by atoms with Gasteiger partial charge < -0.3 is 11.1 Å². The molecule has 8 heteroatoms. The summed E-state index contributed by atoms with van der Waals surface area (Å²) in [6.45, 7) is 4.11. The van der Waals surface area contributed by atoms with E-state index in [1.165, 1.54) is 24.3 Å². The van der Waals surface area contributed by atoms with Crippen molar-refractivity contribution in [1.82, 2.24) is 5.32 Å². The van der Waals surface area contributed by atoms with Gasteiger partial charge in [-0.15, -0.1) is 12.4 Å². The van der Waals surface area contributed by atoms with Crippen molar-refractivity contribution in [1.29, 1.82) is 0 Å². The first-order valence-corrected chi connectivity index (χ1v) is 9.31. The van der Waals surface area contributed by atoms with Crippen LogP contribution < -0.4 is 11.1 Å². The van der Waals surface area contributed by atoms with Gasteiger partial charge in [0.25, 0.3) is 0 Å². The molecule has 0 aliphatic heterocycles. The van der Waals surface area contributed by atoms with E-state index in [9.17, 15) is 13.2 Å². The summed E-state index contributed by atoms with van der Waals surface area (Å²) in [5.41, 5.74) is 5.08. The molecule has 1 amide bonds. The highest BCUT2D eigenvalue weighted by atomic mass is 35.5. The van der Waals surface area contributed by atoms with Gasteiger partial charge in [0.2, 0.25) is 5.91 Å². The summed E-state index contributed by atoms with van der Waals surface area (Å²) in [5.74, 6) is -0.347. The van der Waals surface area contributed by atoms with Crippen molar-refractivity contribution in [3.63, 3.8) is 0 Å². The molecular formula is C15H24Cl2N2O3S. The molecule has 0 aromatic heterocycles. The van der Waals surface area contributed by atoms with Crippen molar-refractivity contribution in [3.05, 3.63) is 29.3 Å². The normalized spacial score (nSPS) is 11.7. The summed E-state index contributed by atoms with van der Waals surface area (Å²) in [4.78, 5) is 12.4. The highest BCUT2D eigenvalue weighted by Gasteiger charge is 2.33. The molecule has 1 rings (SSSR count). The highest BCUT2D eigenvalue weighted by Crippen LogP contribution is 2.24. The fourth-order valence-electron chi connectivity index (χ4n) is 2.20. The zero-order valence-electron chi connectivity index (χ0n) is 13.3. The molecular weight excluding hydrogens is 359 g/mol. The lowest BCUT2D eigenvalue weighted by Gasteiger charge is -2.28. The van der Waals surface area contributed by atoms with Crippen LogP contribution in [0, 0.1) is 5.41 Å². The molecule has 0 fully saturated rings. The topological polar surface area (TPSA) is 89.3 Å². The summed E-state index contributed by atoms with van der Waals surface area (Å²) >= 11 is 5.74. The number of amides is 1. The van der Waals surface area contributed by atoms with Crippen LogP contribution >= 0.6 is 24.0 Å². The number of hydrogen-bond donors (Lipinski definition) is 2. The Morgan fingerprint density at radius 3 is 2.17 bits per heavy atom. The monoisotopic (exact) mass is 382 g/mol. The third-order valence-electron chi connectivity index (χ3n) is 4.06. The second-order valence-corrected chi connectivity index (χ2v) is 7.77. The number of halogens is 2. The van der Waals surface area contributed by atoms with Crippen molar-refractivity contribution < 1.29 is 13.2 Å².